The predicted octanol–water partition coefficient (Wildman–Crippen LogP) is 6.17. The largest absolute Gasteiger partial charge is 0.353 e. The Morgan fingerprint density at radius 3 is 2.37 bits per heavy atom. The van der Waals surface area contributed by atoms with Gasteiger partial charge in [0.1, 0.15) is 0 Å². The summed E-state index contributed by atoms with van der Waals surface area (Å²) in [6.45, 7) is 6.30. The maximum absolute atomic E-state index is 6.33. The van der Waals surface area contributed by atoms with Crippen LogP contribution in [0.2, 0.25) is 10.0 Å². The number of anilines is 2. The van der Waals surface area contributed by atoms with Gasteiger partial charge in [-0.1, -0.05) is 61.3 Å². The third kappa shape index (κ3) is 3.05. The van der Waals surface area contributed by atoms with Crippen molar-refractivity contribution in [3.8, 4) is 0 Å². The van der Waals surface area contributed by atoms with E-state index >= 15 is 0 Å². The Morgan fingerprint density at radius 1 is 1.00 bits per heavy atom. The van der Waals surface area contributed by atoms with Crippen molar-refractivity contribution in [1.82, 2.24) is 0 Å². The van der Waals surface area contributed by atoms with E-state index in [9.17, 15) is 0 Å². The summed E-state index contributed by atoms with van der Waals surface area (Å²) in [6.07, 6.45) is 0. The number of hydrogen-bond donors (Lipinski definition) is 1. The molecule has 100 valence electrons. The van der Waals surface area contributed by atoms with Crippen LogP contribution in [-0.4, -0.2) is 0 Å². The summed E-state index contributed by atoms with van der Waals surface area (Å²) in [5.41, 5.74) is 4.08. The first-order chi connectivity index (χ1) is 9.00. The van der Waals surface area contributed by atoms with Crippen molar-refractivity contribution in [2.75, 3.05) is 5.32 Å². The van der Waals surface area contributed by atoms with Gasteiger partial charge < -0.3 is 5.32 Å². The second-order valence-corrected chi connectivity index (χ2v) is 5.71. The molecule has 3 heteroatoms. The SMILES string of the molecule is Cc1ccc(Cl)c(Nc2ccccc2C(C)C)c1Cl. The van der Waals surface area contributed by atoms with Gasteiger partial charge in [0.15, 0.2) is 0 Å². The molecule has 0 fully saturated rings. The smallest absolute Gasteiger partial charge is 0.0765 e. The lowest BCUT2D eigenvalue weighted by Gasteiger charge is -2.17. The maximum Gasteiger partial charge on any atom is 0.0765 e. The van der Waals surface area contributed by atoms with E-state index in [1.807, 2.05) is 37.3 Å². The molecule has 0 unspecified atom stereocenters. The minimum absolute atomic E-state index is 0.436. The quantitative estimate of drug-likeness (QED) is 0.713. The van der Waals surface area contributed by atoms with Gasteiger partial charge in [0.2, 0.25) is 0 Å². The molecule has 0 aliphatic heterocycles. The molecule has 19 heavy (non-hydrogen) atoms. The zero-order valence-electron chi connectivity index (χ0n) is 11.3. The summed E-state index contributed by atoms with van der Waals surface area (Å²) in [5.74, 6) is 0.436. The molecule has 0 atom stereocenters. The molecule has 0 spiro atoms. The van der Waals surface area contributed by atoms with Crippen molar-refractivity contribution in [3.05, 3.63) is 57.6 Å². The van der Waals surface area contributed by atoms with Crippen molar-refractivity contribution >= 4 is 34.6 Å². The molecule has 2 aromatic carbocycles. The second-order valence-electron chi connectivity index (χ2n) is 4.92. The van der Waals surface area contributed by atoms with Crippen molar-refractivity contribution < 1.29 is 0 Å². The fourth-order valence-electron chi connectivity index (χ4n) is 2.02. The fourth-order valence-corrected chi connectivity index (χ4v) is 2.49. The molecule has 0 amide bonds. The molecule has 0 aromatic heterocycles. The lowest BCUT2D eigenvalue weighted by molar-refractivity contribution is 0.869. The van der Waals surface area contributed by atoms with Crippen LogP contribution < -0.4 is 5.32 Å². The van der Waals surface area contributed by atoms with Crippen LogP contribution in [0, 0.1) is 6.92 Å². The van der Waals surface area contributed by atoms with E-state index in [1.165, 1.54) is 5.56 Å². The highest BCUT2D eigenvalue weighted by molar-refractivity contribution is 6.39. The highest BCUT2D eigenvalue weighted by atomic mass is 35.5. The summed E-state index contributed by atoms with van der Waals surface area (Å²) < 4.78 is 0. The van der Waals surface area contributed by atoms with Gasteiger partial charge in [-0.25, -0.2) is 0 Å². The molecule has 1 nitrogen and oxygen atoms in total. The van der Waals surface area contributed by atoms with Gasteiger partial charge in [0.25, 0.3) is 0 Å². The van der Waals surface area contributed by atoms with Crippen LogP contribution >= 0.6 is 23.2 Å². The minimum atomic E-state index is 0.436. The number of benzene rings is 2. The zero-order chi connectivity index (χ0) is 14.0. The van der Waals surface area contributed by atoms with E-state index in [-0.39, 0.29) is 0 Å². The molecule has 0 saturated heterocycles. The van der Waals surface area contributed by atoms with Crippen LogP contribution in [0.1, 0.15) is 30.9 Å². The first kappa shape index (κ1) is 14.2. The molecule has 0 heterocycles. The Labute approximate surface area is 124 Å². The lowest BCUT2D eigenvalue weighted by Crippen LogP contribution is -1.99. The third-order valence-electron chi connectivity index (χ3n) is 3.13. The zero-order valence-corrected chi connectivity index (χ0v) is 12.8. The van der Waals surface area contributed by atoms with Crippen molar-refractivity contribution in [2.45, 2.75) is 26.7 Å². The number of hydrogen-bond acceptors (Lipinski definition) is 1. The molecule has 0 aliphatic carbocycles. The number of rotatable bonds is 3. The van der Waals surface area contributed by atoms with E-state index in [2.05, 4.69) is 25.2 Å². The molecule has 2 aromatic rings. The summed E-state index contributed by atoms with van der Waals surface area (Å²) >= 11 is 12.6. The molecule has 1 N–H and O–H groups in total. The standard InChI is InChI=1S/C16H17Cl2N/c1-10(2)12-6-4-5-7-14(12)19-16-13(17)9-8-11(3)15(16)18/h4-10,19H,1-3H3. The number of nitrogens with one attached hydrogen (secondary N) is 1. The van der Waals surface area contributed by atoms with E-state index in [4.69, 9.17) is 23.2 Å². The molecular weight excluding hydrogens is 277 g/mol. The molecular formula is C16H17Cl2N. The summed E-state index contributed by atoms with van der Waals surface area (Å²) in [6, 6.07) is 12.0. The van der Waals surface area contributed by atoms with E-state index in [0.717, 1.165) is 16.9 Å². The van der Waals surface area contributed by atoms with Crippen molar-refractivity contribution in [3.63, 3.8) is 0 Å². The summed E-state index contributed by atoms with van der Waals surface area (Å²) in [4.78, 5) is 0. The van der Waals surface area contributed by atoms with Gasteiger partial charge in [-0.05, 0) is 36.1 Å². The minimum Gasteiger partial charge on any atom is -0.353 e. The normalized spacial score (nSPS) is 10.8. The Bertz CT molecular complexity index is 591. The van der Waals surface area contributed by atoms with Crippen molar-refractivity contribution in [1.29, 1.82) is 0 Å². The first-order valence-electron chi connectivity index (χ1n) is 6.31. The highest BCUT2D eigenvalue weighted by Gasteiger charge is 2.11. The van der Waals surface area contributed by atoms with Gasteiger partial charge in [-0.3, -0.25) is 0 Å². The Balaban J connectivity index is 2.45. The van der Waals surface area contributed by atoms with E-state index in [0.29, 0.717) is 16.0 Å². The summed E-state index contributed by atoms with van der Waals surface area (Å²) in [5, 5.41) is 4.67. The van der Waals surface area contributed by atoms with E-state index < -0.39 is 0 Å². The molecule has 0 aliphatic rings. The highest BCUT2D eigenvalue weighted by Crippen LogP contribution is 2.36. The van der Waals surface area contributed by atoms with Gasteiger partial charge in [-0.2, -0.15) is 0 Å². The van der Waals surface area contributed by atoms with Crippen molar-refractivity contribution in [2.24, 2.45) is 0 Å². The number of halogens is 2. The van der Waals surface area contributed by atoms with Crippen LogP contribution in [0.4, 0.5) is 11.4 Å². The maximum atomic E-state index is 6.33. The average molecular weight is 294 g/mol. The first-order valence-corrected chi connectivity index (χ1v) is 7.07. The number of para-hydroxylation sites is 1. The van der Waals surface area contributed by atoms with Gasteiger partial charge in [0.05, 0.1) is 15.7 Å². The molecule has 2 rings (SSSR count). The monoisotopic (exact) mass is 293 g/mol. The second kappa shape index (κ2) is 5.85. The van der Waals surface area contributed by atoms with Crippen LogP contribution in [-0.2, 0) is 0 Å². The van der Waals surface area contributed by atoms with Crippen LogP contribution in [0.5, 0.6) is 0 Å². The van der Waals surface area contributed by atoms with Crippen LogP contribution in [0.25, 0.3) is 0 Å². The average Bonchev–Trinajstić information content (AvgIpc) is 2.39. The molecule has 0 bridgehead atoms. The molecule has 0 saturated carbocycles. The third-order valence-corrected chi connectivity index (χ3v) is 3.93. The topological polar surface area (TPSA) is 12.0 Å². The summed E-state index contributed by atoms with van der Waals surface area (Å²) in [7, 11) is 0. The van der Waals surface area contributed by atoms with Gasteiger partial charge in [-0.15, -0.1) is 0 Å². The van der Waals surface area contributed by atoms with E-state index in [1.54, 1.807) is 0 Å². The van der Waals surface area contributed by atoms with Gasteiger partial charge in [0, 0.05) is 5.69 Å². The number of aryl methyl sites for hydroxylation is 1. The van der Waals surface area contributed by atoms with Crippen LogP contribution in [0.3, 0.4) is 0 Å². The Hall–Kier alpha value is -1.18. The lowest BCUT2D eigenvalue weighted by atomic mass is 10.0. The predicted molar refractivity (Wildman–Crippen MR) is 85.0 cm³/mol. The van der Waals surface area contributed by atoms with Gasteiger partial charge >= 0.3 is 0 Å². The van der Waals surface area contributed by atoms with Crippen LogP contribution in [0.15, 0.2) is 36.4 Å². The fraction of sp³-hybridized carbons (Fsp3) is 0.250. The molecule has 0 radical (unpaired) electrons. The Morgan fingerprint density at radius 2 is 1.68 bits per heavy atom. The Kier molecular flexibility index (Phi) is 4.38.